The Morgan fingerprint density at radius 2 is 1.46 bits per heavy atom. The second-order valence-electron chi connectivity index (χ2n) is 3.78. The number of carbonyl (C=O) groups is 1. The van der Waals surface area contributed by atoms with E-state index in [1.807, 2.05) is 6.08 Å². The van der Waals surface area contributed by atoms with Crippen molar-refractivity contribution >= 4 is 19.0 Å². The van der Waals surface area contributed by atoms with Gasteiger partial charge in [-0.25, -0.2) is 0 Å². The van der Waals surface area contributed by atoms with Crippen molar-refractivity contribution in [1.29, 1.82) is 0 Å². The van der Waals surface area contributed by atoms with Gasteiger partial charge in [0, 0.05) is 0 Å². The molecular weight excluding hydrogens is 221 g/mol. The van der Waals surface area contributed by atoms with Crippen LogP contribution in [0.3, 0.4) is 0 Å². The van der Waals surface area contributed by atoms with Gasteiger partial charge < -0.3 is 0 Å². The van der Waals surface area contributed by atoms with E-state index in [1.54, 1.807) is 6.92 Å². The molecule has 2 heteroatoms. The average molecular weight is 243 g/mol. The van der Waals surface area contributed by atoms with Gasteiger partial charge in [-0.3, -0.25) is 0 Å². The molecule has 76 valence electrons. The molecule has 0 aliphatic heterocycles. The normalized spacial score (nSPS) is 13.2. The van der Waals surface area contributed by atoms with Crippen molar-refractivity contribution in [3.05, 3.63) is 10.5 Å². The van der Waals surface area contributed by atoms with Crippen molar-refractivity contribution in [1.82, 2.24) is 0 Å². The molecule has 0 atom stereocenters. The van der Waals surface area contributed by atoms with Crippen molar-refractivity contribution < 1.29 is 4.79 Å². The molecule has 0 rings (SSSR count). The maximum absolute atomic E-state index is 11.0. The first kappa shape index (κ1) is 13.0. The number of carbonyl (C=O) groups excluding carboxylic acids is 1. The number of hydrogen-bond acceptors (Lipinski definition) is 1. The third-order valence-electron chi connectivity index (χ3n) is 3.29. The Hall–Kier alpha value is -0.0471. The van der Waals surface area contributed by atoms with E-state index in [9.17, 15) is 4.79 Å². The predicted molar refractivity (Wildman–Crippen MR) is 61.6 cm³/mol. The fourth-order valence-corrected chi connectivity index (χ4v) is 9.77. The summed E-state index contributed by atoms with van der Waals surface area (Å²) in [5, 5.41) is 3.92. The topological polar surface area (TPSA) is 17.1 Å². The van der Waals surface area contributed by atoms with Crippen LogP contribution in [0.25, 0.3) is 0 Å². The summed E-state index contributed by atoms with van der Waals surface area (Å²) in [4.78, 5) is 11.0. The van der Waals surface area contributed by atoms with Crippen molar-refractivity contribution in [3.8, 4) is 0 Å². The monoisotopic (exact) mass is 244 g/mol. The van der Waals surface area contributed by atoms with Crippen LogP contribution in [0.5, 0.6) is 0 Å². The van der Waals surface area contributed by atoms with Gasteiger partial charge in [0.25, 0.3) is 0 Å². The van der Waals surface area contributed by atoms with Gasteiger partial charge in [0.15, 0.2) is 0 Å². The third kappa shape index (κ3) is 3.30. The first-order chi connectivity index (χ1) is 6.02. The zero-order chi connectivity index (χ0) is 10.5. The fraction of sp³-hybridized carbons (Fsp3) is 0.727. The van der Waals surface area contributed by atoms with Crippen LogP contribution < -0.4 is 0 Å². The van der Waals surface area contributed by atoms with E-state index in [0.717, 1.165) is 0 Å². The molecule has 0 amide bonds. The molecule has 0 saturated carbocycles. The SMILES string of the molecule is C[CH2][Ge]([CH2]C)([CH2]C)/[C](C)=C\C(C)=O. The minimum atomic E-state index is -1.77. The summed E-state index contributed by atoms with van der Waals surface area (Å²) < 4.78 is 1.43. The summed E-state index contributed by atoms with van der Waals surface area (Å²) in [5.41, 5.74) is 0. The zero-order valence-electron chi connectivity index (χ0n) is 9.61. The molecule has 0 radical (unpaired) electrons. The Morgan fingerprint density at radius 3 is 1.69 bits per heavy atom. The van der Waals surface area contributed by atoms with Gasteiger partial charge in [-0.2, -0.15) is 0 Å². The summed E-state index contributed by atoms with van der Waals surface area (Å²) in [6.45, 7) is 10.7. The first-order valence-electron chi connectivity index (χ1n) is 5.21. The van der Waals surface area contributed by atoms with Crippen molar-refractivity contribution in [2.45, 2.75) is 50.4 Å². The van der Waals surface area contributed by atoms with Crippen LogP contribution in [0.15, 0.2) is 10.5 Å². The van der Waals surface area contributed by atoms with Gasteiger partial charge in [0.2, 0.25) is 0 Å². The van der Waals surface area contributed by atoms with Crippen molar-refractivity contribution in [3.63, 3.8) is 0 Å². The molecule has 1 nitrogen and oxygen atoms in total. The van der Waals surface area contributed by atoms with Crippen LogP contribution in [0.4, 0.5) is 0 Å². The molecule has 0 aromatic heterocycles. The van der Waals surface area contributed by atoms with E-state index in [4.69, 9.17) is 0 Å². The molecule has 0 aromatic carbocycles. The molecule has 0 heterocycles. The molecule has 0 aromatic rings. The van der Waals surface area contributed by atoms with Crippen LogP contribution in [-0.2, 0) is 4.79 Å². The van der Waals surface area contributed by atoms with E-state index in [2.05, 4.69) is 27.7 Å². The van der Waals surface area contributed by atoms with E-state index < -0.39 is 13.3 Å². The van der Waals surface area contributed by atoms with Crippen LogP contribution >= 0.6 is 0 Å². The molecule has 0 unspecified atom stereocenters. The second kappa shape index (κ2) is 5.63. The Labute approximate surface area is 85.0 Å². The second-order valence-corrected chi connectivity index (χ2v) is 15.3. The molecule has 13 heavy (non-hydrogen) atoms. The van der Waals surface area contributed by atoms with Crippen LogP contribution in [0, 0.1) is 0 Å². The molecule has 0 aliphatic rings. The summed E-state index contributed by atoms with van der Waals surface area (Å²) in [7, 11) is 0. The maximum atomic E-state index is 11.0. The Balaban J connectivity index is 4.83. The van der Waals surface area contributed by atoms with E-state index in [0.29, 0.717) is 0 Å². The van der Waals surface area contributed by atoms with E-state index >= 15 is 0 Å². The predicted octanol–water partition coefficient (Wildman–Crippen LogP) is 3.57. The summed E-state index contributed by atoms with van der Waals surface area (Å²) in [6, 6.07) is 0. The number of rotatable bonds is 5. The fourth-order valence-electron chi connectivity index (χ4n) is 2.04. The van der Waals surface area contributed by atoms with Gasteiger partial charge in [0.1, 0.15) is 0 Å². The minimum absolute atomic E-state index is 0.211. The number of allylic oxidation sites excluding steroid dienone is 2. The van der Waals surface area contributed by atoms with Gasteiger partial charge in [-0.05, 0) is 0 Å². The van der Waals surface area contributed by atoms with Gasteiger partial charge >= 0.3 is 84.7 Å². The third-order valence-corrected chi connectivity index (χ3v) is 15.6. The van der Waals surface area contributed by atoms with Crippen molar-refractivity contribution in [2.75, 3.05) is 0 Å². The average Bonchev–Trinajstić information content (AvgIpc) is 2.07. The number of hydrogen-bond donors (Lipinski definition) is 0. The molecule has 0 fully saturated rings. The first-order valence-corrected chi connectivity index (χ1v) is 10.7. The van der Waals surface area contributed by atoms with Gasteiger partial charge in [-0.1, -0.05) is 0 Å². The zero-order valence-corrected chi connectivity index (χ0v) is 11.7. The molecule has 0 saturated heterocycles. The van der Waals surface area contributed by atoms with Crippen LogP contribution in [-0.4, -0.2) is 19.0 Å². The molecule has 0 aliphatic carbocycles. The number of ketones is 1. The molecule has 0 bridgehead atoms. The summed E-state index contributed by atoms with van der Waals surface area (Å²) in [6.07, 6.45) is 1.87. The quantitative estimate of drug-likeness (QED) is 0.532. The van der Waals surface area contributed by atoms with Gasteiger partial charge in [-0.15, -0.1) is 0 Å². The van der Waals surface area contributed by atoms with E-state index in [1.165, 1.54) is 20.2 Å². The Bertz CT molecular complexity index is 194. The molecule has 0 spiro atoms. The van der Waals surface area contributed by atoms with Crippen LogP contribution in [0.1, 0.15) is 34.6 Å². The Kier molecular flexibility index (Phi) is 5.61. The molecular formula is C11H22GeO. The summed E-state index contributed by atoms with van der Waals surface area (Å²) in [5.74, 6) is 0.211. The van der Waals surface area contributed by atoms with E-state index in [-0.39, 0.29) is 5.78 Å². The Morgan fingerprint density at radius 1 is 1.08 bits per heavy atom. The standard InChI is InChI=1S/C11H22GeO/c1-6-12(7-2,8-3)10(4)9-11(5)13/h9H,6-8H2,1-5H3/b10-9-. The van der Waals surface area contributed by atoms with Gasteiger partial charge in [0.05, 0.1) is 0 Å². The summed E-state index contributed by atoms with van der Waals surface area (Å²) >= 11 is -1.77. The van der Waals surface area contributed by atoms with Crippen LogP contribution in [0.2, 0.25) is 15.8 Å². The van der Waals surface area contributed by atoms with Crippen molar-refractivity contribution in [2.24, 2.45) is 0 Å². The molecule has 0 N–H and O–H groups in total.